The third-order valence-corrected chi connectivity index (χ3v) is 4.37. The zero-order chi connectivity index (χ0) is 16.2. The van der Waals surface area contributed by atoms with Gasteiger partial charge in [-0.1, -0.05) is 0 Å². The lowest BCUT2D eigenvalue weighted by Gasteiger charge is -2.28. The Balaban J connectivity index is 1.39. The first-order valence-electron chi connectivity index (χ1n) is 8.32. The summed E-state index contributed by atoms with van der Waals surface area (Å²) in [4.78, 5) is 22.0. The van der Waals surface area contributed by atoms with Crippen molar-refractivity contribution in [2.45, 2.75) is 12.5 Å². The Kier molecular flexibility index (Phi) is 4.37. The lowest BCUT2D eigenvalue weighted by molar-refractivity contribution is 0.122. The molecule has 0 radical (unpaired) electrons. The molecule has 0 amide bonds. The summed E-state index contributed by atoms with van der Waals surface area (Å²) in [6, 6.07) is 2.27. The lowest BCUT2D eigenvalue weighted by atomic mass is 10.3. The Morgan fingerprint density at radius 1 is 1.00 bits per heavy atom. The van der Waals surface area contributed by atoms with Gasteiger partial charge >= 0.3 is 0 Å². The highest BCUT2D eigenvalue weighted by molar-refractivity contribution is 5.44. The largest absolute Gasteiger partial charge is 0.378 e. The van der Waals surface area contributed by atoms with E-state index in [1.54, 1.807) is 18.6 Å². The van der Waals surface area contributed by atoms with Crippen molar-refractivity contribution in [2.24, 2.45) is 0 Å². The molecule has 1 atom stereocenters. The number of rotatable bonds is 4. The second kappa shape index (κ2) is 6.96. The maximum Gasteiger partial charge on any atom is 0.224 e. The molecule has 126 valence electrons. The SMILES string of the molecule is c1cnc(N2CCC(Nc3nccc(N4CCOCC4)n3)C2)cn1. The standard InChI is InChI=1S/C16H21N7O/c1-3-19-16(21-14(1)22-7-9-24-10-8-22)20-13-2-6-23(12-13)15-11-17-4-5-18-15/h1,3-5,11,13H,2,6-10,12H2,(H,19,20,21). The van der Waals surface area contributed by atoms with E-state index in [2.05, 4.69) is 35.1 Å². The Morgan fingerprint density at radius 3 is 2.75 bits per heavy atom. The topological polar surface area (TPSA) is 79.3 Å². The smallest absolute Gasteiger partial charge is 0.224 e. The van der Waals surface area contributed by atoms with Crippen LogP contribution in [0.15, 0.2) is 30.9 Å². The van der Waals surface area contributed by atoms with Crippen LogP contribution in [0.25, 0.3) is 0 Å². The van der Waals surface area contributed by atoms with Crippen molar-refractivity contribution in [3.63, 3.8) is 0 Å². The van der Waals surface area contributed by atoms with Gasteiger partial charge in [-0.15, -0.1) is 0 Å². The van der Waals surface area contributed by atoms with Gasteiger partial charge in [0, 0.05) is 50.8 Å². The minimum absolute atomic E-state index is 0.312. The van der Waals surface area contributed by atoms with E-state index in [1.165, 1.54) is 0 Å². The molecular weight excluding hydrogens is 306 g/mol. The first kappa shape index (κ1) is 15.1. The van der Waals surface area contributed by atoms with Gasteiger partial charge in [0.05, 0.1) is 19.4 Å². The number of morpholine rings is 1. The van der Waals surface area contributed by atoms with Crippen LogP contribution in [-0.4, -0.2) is 65.4 Å². The minimum atomic E-state index is 0.312. The van der Waals surface area contributed by atoms with Crippen LogP contribution in [0.2, 0.25) is 0 Å². The van der Waals surface area contributed by atoms with Crippen LogP contribution in [-0.2, 0) is 4.74 Å². The van der Waals surface area contributed by atoms with Crippen LogP contribution in [0, 0.1) is 0 Å². The van der Waals surface area contributed by atoms with E-state index in [0.717, 1.165) is 57.4 Å². The summed E-state index contributed by atoms with van der Waals surface area (Å²) in [6.07, 6.45) is 8.07. The van der Waals surface area contributed by atoms with E-state index in [4.69, 9.17) is 4.74 Å². The maximum atomic E-state index is 5.40. The van der Waals surface area contributed by atoms with E-state index in [0.29, 0.717) is 12.0 Å². The number of anilines is 3. The molecule has 0 spiro atoms. The van der Waals surface area contributed by atoms with Crippen molar-refractivity contribution >= 4 is 17.6 Å². The van der Waals surface area contributed by atoms with Crippen LogP contribution < -0.4 is 15.1 Å². The number of hydrogen-bond acceptors (Lipinski definition) is 8. The molecular formula is C16H21N7O. The molecule has 0 aromatic carbocycles. The van der Waals surface area contributed by atoms with Crippen LogP contribution >= 0.6 is 0 Å². The Bertz CT molecular complexity index is 662. The summed E-state index contributed by atoms with van der Waals surface area (Å²) in [5.41, 5.74) is 0. The minimum Gasteiger partial charge on any atom is -0.378 e. The summed E-state index contributed by atoms with van der Waals surface area (Å²) in [5, 5.41) is 3.45. The van der Waals surface area contributed by atoms with Crippen molar-refractivity contribution in [3.8, 4) is 0 Å². The molecule has 4 rings (SSSR count). The van der Waals surface area contributed by atoms with Crippen molar-refractivity contribution in [1.29, 1.82) is 0 Å². The molecule has 2 aromatic heterocycles. The molecule has 4 heterocycles. The fourth-order valence-electron chi connectivity index (χ4n) is 3.11. The number of ether oxygens (including phenoxy) is 1. The Labute approximate surface area is 140 Å². The first-order valence-corrected chi connectivity index (χ1v) is 8.32. The van der Waals surface area contributed by atoms with Crippen molar-refractivity contribution in [1.82, 2.24) is 19.9 Å². The Hall–Kier alpha value is -2.48. The molecule has 2 aliphatic heterocycles. The average molecular weight is 327 g/mol. The molecule has 2 saturated heterocycles. The normalized spacial score (nSPS) is 21.1. The summed E-state index contributed by atoms with van der Waals surface area (Å²) in [6.45, 7) is 5.09. The van der Waals surface area contributed by atoms with Crippen LogP contribution in [0.4, 0.5) is 17.6 Å². The molecule has 0 bridgehead atoms. The zero-order valence-corrected chi connectivity index (χ0v) is 13.5. The van der Waals surface area contributed by atoms with Crippen LogP contribution in [0.1, 0.15) is 6.42 Å². The van der Waals surface area contributed by atoms with Crippen molar-refractivity contribution in [3.05, 3.63) is 30.9 Å². The summed E-state index contributed by atoms with van der Waals surface area (Å²) >= 11 is 0. The summed E-state index contributed by atoms with van der Waals surface area (Å²) < 4.78 is 5.40. The van der Waals surface area contributed by atoms with Crippen molar-refractivity contribution < 1.29 is 4.74 Å². The molecule has 1 N–H and O–H groups in total. The molecule has 8 heteroatoms. The number of hydrogen-bond donors (Lipinski definition) is 1. The third-order valence-electron chi connectivity index (χ3n) is 4.37. The number of nitrogens with zero attached hydrogens (tertiary/aromatic N) is 6. The first-order chi connectivity index (χ1) is 11.9. The third kappa shape index (κ3) is 3.38. The van der Waals surface area contributed by atoms with E-state index >= 15 is 0 Å². The second-order valence-corrected chi connectivity index (χ2v) is 5.98. The van der Waals surface area contributed by atoms with Gasteiger partial charge in [0.15, 0.2) is 0 Å². The molecule has 0 saturated carbocycles. The van der Waals surface area contributed by atoms with Gasteiger partial charge in [-0.05, 0) is 12.5 Å². The van der Waals surface area contributed by atoms with Crippen LogP contribution in [0.3, 0.4) is 0 Å². The van der Waals surface area contributed by atoms with Gasteiger partial charge in [-0.25, -0.2) is 9.97 Å². The molecule has 24 heavy (non-hydrogen) atoms. The van der Waals surface area contributed by atoms with Gasteiger partial charge in [0.2, 0.25) is 5.95 Å². The van der Waals surface area contributed by atoms with E-state index in [-0.39, 0.29) is 0 Å². The monoisotopic (exact) mass is 327 g/mol. The molecule has 2 fully saturated rings. The average Bonchev–Trinajstić information content (AvgIpc) is 3.12. The summed E-state index contributed by atoms with van der Waals surface area (Å²) in [5.74, 6) is 2.56. The zero-order valence-electron chi connectivity index (χ0n) is 13.5. The van der Waals surface area contributed by atoms with Gasteiger partial charge in [-0.2, -0.15) is 4.98 Å². The second-order valence-electron chi connectivity index (χ2n) is 5.98. The predicted molar refractivity (Wildman–Crippen MR) is 91.3 cm³/mol. The molecule has 0 aliphatic carbocycles. The molecule has 1 unspecified atom stereocenters. The fraction of sp³-hybridized carbons (Fsp3) is 0.500. The molecule has 2 aromatic rings. The van der Waals surface area contributed by atoms with E-state index in [1.807, 2.05) is 12.3 Å². The number of aromatic nitrogens is 4. The van der Waals surface area contributed by atoms with Crippen LogP contribution in [0.5, 0.6) is 0 Å². The summed E-state index contributed by atoms with van der Waals surface area (Å²) in [7, 11) is 0. The van der Waals surface area contributed by atoms with Gasteiger partial charge < -0.3 is 19.9 Å². The van der Waals surface area contributed by atoms with E-state index < -0.39 is 0 Å². The quantitative estimate of drug-likeness (QED) is 0.883. The highest BCUT2D eigenvalue weighted by Crippen LogP contribution is 2.20. The maximum absolute atomic E-state index is 5.40. The lowest BCUT2D eigenvalue weighted by Crippen LogP contribution is -2.37. The Morgan fingerprint density at radius 2 is 1.92 bits per heavy atom. The highest BCUT2D eigenvalue weighted by atomic mass is 16.5. The fourth-order valence-corrected chi connectivity index (χ4v) is 3.11. The number of nitrogens with one attached hydrogen (secondary N) is 1. The highest BCUT2D eigenvalue weighted by Gasteiger charge is 2.24. The van der Waals surface area contributed by atoms with Gasteiger partial charge in [0.1, 0.15) is 11.6 Å². The molecule has 8 nitrogen and oxygen atoms in total. The molecule has 2 aliphatic rings. The van der Waals surface area contributed by atoms with Gasteiger partial charge in [0.25, 0.3) is 0 Å². The predicted octanol–water partition coefficient (Wildman–Crippen LogP) is 0.794. The van der Waals surface area contributed by atoms with E-state index in [9.17, 15) is 0 Å². The van der Waals surface area contributed by atoms with Gasteiger partial charge in [-0.3, -0.25) is 4.98 Å². The van der Waals surface area contributed by atoms with Crippen molar-refractivity contribution in [2.75, 3.05) is 54.5 Å².